The van der Waals surface area contributed by atoms with Gasteiger partial charge in [0.1, 0.15) is 16.7 Å². The van der Waals surface area contributed by atoms with E-state index in [1.807, 2.05) is 69.0 Å². The second kappa shape index (κ2) is 19.9. The zero-order chi connectivity index (χ0) is 46.1. The van der Waals surface area contributed by atoms with E-state index in [0.717, 1.165) is 11.1 Å². The molecule has 0 radical (unpaired) electrons. The molecule has 2 heterocycles. The molecular weight excluding hydrogens is 908 g/mol. The number of benzene rings is 3. The van der Waals surface area contributed by atoms with Crippen molar-refractivity contribution in [3.8, 4) is 0 Å². The van der Waals surface area contributed by atoms with Crippen molar-refractivity contribution in [3.63, 3.8) is 0 Å². The van der Waals surface area contributed by atoms with Crippen LogP contribution in [0.2, 0.25) is 0 Å². The zero-order valence-electron chi connectivity index (χ0n) is 36.6. The number of hydrogen-bond donors (Lipinski definition) is 4. The molecule has 63 heavy (non-hydrogen) atoms. The molecule has 4 N–H and O–H groups in total. The number of rotatable bonds is 19. The maximum atomic E-state index is 12.2. The molecule has 0 unspecified atom stereocenters. The topological polar surface area (TPSA) is 264 Å². The molecule has 3 aromatic rings. The van der Waals surface area contributed by atoms with E-state index < -0.39 is 73.7 Å². The van der Waals surface area contributed by atoms with Gasteiger partial charge in [-0.15, -0.1) is 0 Å². The monoisotopic (exact) mass is 958 g/mol. The predicted octanol–water partition coefficient (Wildman–Crippen LogP) is 3.00. The molecule has 2 aliphatic rings. The summed E-state index contributed by atoms with van der Waals surface area (Å²) in [5.74, 6) is -2.02. The summed E-state index contributed by atoms with van der Waals surface area (Å²) in [7, 11) is -18.1. The summed E-state index contributed by atoms with van der Waals surface area (Å²) in [6.45, 7) is 7.49. The Morgan fingerprint density at radius 1 is 0.794 bits per heavy atom. The van der Waals surface area contributed by atoms with Crippen LogP contribution in [-0.2, 0) is 62.5 Å². The van der Waals surface area contributed by atoms with Gasteiger partial charge in [0.05, 0.1) is 26.7 Å². The van der Waals surface area contributed by atoms with Gasteiger partial charge in [0.25, 0.3) is 30.4 Å². The van der Waals surface area contributed by atoms with Gasteiger partial charge in [0.2, 0.25) is 5.69 Å². The molecule has 16 nitrogen and oxygen atoms in total. The number of carboxylic acid groups (broad SMARTS) is 1. The van der Waals surface area contributed by atoms with Crippen LogP contribution < -0.4 is 34.5 Å². The van der Waals surface area contributed by atoms with Gasteiger partial charge in [-0.2, -0.15) is 29.8 Å². The smallest absolute Gasteiger partial charge is 1.00 e. The van der Waals surface area contributed by atoms with E-state index in [0.29, 0.717) is 58.7 Å². The van der Waals surface area contributed by atoms with Crippen LogP contribution in [0.1, 0.15) is 83.5 Å². The average Bonchev–Trinajstić information content (AvgIpc) is 3.49. The first-order chi connectivity index (χ1) is 28.6. The number of hydrogen-bond acceptors (Lipinski definition) is 11. The van der Waals surface area contributed by atoms with Gasteiger partial charge in [-0.05, 0) is 104 Å². The summed E-state index contributed by atoms with van der Waals surface area (Å²) >= 11 is 0. The summed E-state index contributed by atoms with van der Waals surface area (Å²) < 4.78 is 138. The standard InChI is InChI=1S/C42H50N2O14S4.Na.H/c1-41(2)34-27-31(61(53,54)55)17-19-36(34)43(23-9-25-59(47,48)49)38(41)21-15-30(33-13-7-5-11-29(33)12-6-8-14-40(45)46)16-22-39-42(3,4)35-28-32(62(56,57)58)18-20-37(35)44(39)24-10-26-60(50,51)52;;/h5,7,11,13,15-22,27-28H,6,8-10,12,14,23-26H2,1-4H3,(H4-,45,46,47,48,49,50,51,52,53,54,55,56,57,58);;/q;+1;-1. The van der Waals surface area contributed by atoms with E-state index in [9.17, 15) is 61.8 Å². The molecule has 0 saturated carbocycles. The molecule has 0 spiro atoms. The third-order valence-corrected chi connectivity index (χ3v) is 14.4. The maximum absolute atomic E-state index is 12.2. The number of carbonyl (C=O) groups is 1. The Labute approximate surface area is 392 Å². The van der Waals surface area contributed by atoms with Gasteiger partial charge in [0.15, 0.2) is 5.71 Å². The molecule has 0 aromatic heterocycles. The van der Waals surface area contributed by atoms with Crippen LogP contribution in [0.25, 0.3) is 5.57 Å². The van der Waals surface area contributed by atoms with Gasteiger partial charge in [-0.3, -0.25) is 18.5 Å². The molecule has 0 fully saturated rings. The number of allylic oxidation sites excluding steroid dienone is 6. The second-order valence-corrected chi connectivity index (χ2v) is 22.2. The third-order valence-electron chi connectivity index (χ3n) is 11.1. The minimum atomic E-state index is -4.84. The fraction of sp³-hybridized carbons (Fsp3) is 0.381. The SMILES string of the molecule is CC1(C)C(=CC=C(C=CC2=[N+](CCCS(=O)(=O)O)c3ccc(S(=O)(=O)[O-])cc3C2(C)C)c2ccccc2CCCCC(=O)O)N(CCCS(=O)(=O)O)c2ccc(S(=O)(=O)O)cc21.[H-].[Na+]. The van der Waals surface area contributed by atoms with Crippen molar-refractivity contribution in [1.29, 1.82) is 0 Å². The number of fused-ring (bicyclic) bond motifs is 2. The van der Waals surface area contributed by atoms with Crippen molar-refractivity contribution >= 4 is 69.1 Å². The van der Waals surface area contributed by atoms with Crippen LogP contribution >= 0.6 is 0 Å². The summed E-state index contributed by atoms with van der Waals surface area (Å²) in [6, 6.07) is 15.5. The van der Waals surface area contributed by atoms with E-state index in [2.05, 4.69) is 0 Å². The molecule has 0 aliphatic carbocycles. The molecule has 0 amide bonds. The van der Waals surface area contributed by atoms with Crippen molar-refractivity contribution < 1.29 is 97.3 Å². The number of aliphatic carboxylic acids is 1. The Morgan fingerprint density at radius 2 is 1.41 bits per heavy atom. The summed E-state index contributed by atoms with van der Waals surface area (Å²) in [6.07, 6.45) is 8.66. The molecule has 5 rings (SSSR count). The molecule has 2 aliphatic heterocycles. The van der Waals surface area contributed by atoms with E-state index in [-0.39, 0.29) is 68.2 Å². The molecule has 21 heteroatoms. The van der Waals surface area contributed by atoms with Crippen molar-refractivity contribution in [2.45, 2.75) is 86.8 Å². The molecule has 0 bridgehead atoms. The fourth-order valence-electron chi connectivity index (χ4n) is 8.10. The first kappa shape index (κ1) is 52.1. The van der Waals surface area contributed by atoms with Gasteiger partial charge in [-0.25, -0.2) is 8.42 Å². The van der Waals surface area contributed by atoms with Gasteiger partial charge in [0, 0.05) is 53.9 Å². The van der Waals surface area contributed by atoms with E-state index in [4.69, 9.17) is 0 Å². The van der Waals surface area contributed by atoms with Crippen LogP contribution in [0, 0.1) is 0 Å². The number of nitrogens with zero attached hydrogens (tertiary/aromatic N) is 2. The summed E-state index contributed by atoms with van der Waals surface area (Å²) in [5, 5.41) is 9.25. The predicted molar refractivity (Wildman–Crippen MR) is 234 cm³/mol. The molecule has 3 aromatic carbocycles. The van der Waals surface area contributed by atoms with Gasteiger partial charge >= 0.3 is 35.5 Å². The maximum Gasteiger partial charge on any atom is 1.00 e. The molecular formula is C42H51N2NaO14S4. The van der Waals surface area contributed by atoms with E-state index in [1.165, 1.54) is 36.4 Å². The average molecular weight is 959 g/mol. The van der Waals surface area contributed by atoms with E-state index >= 15 is 0 Å². The number of anilines is 1. The van der Waals surface area contributed by atoms with Crippen molar-refractivity contribution in [2.24, 2.45) is 0 Å². The number of carboxylic acids is 1. The summed E-state index contributed by atoms with van der Waals surface area (Å²) in [5.41, 5.74) is 3.66. The quantitative estimate of drug-likeness (QED) is 0.0443. The van der Waals surface area contributed by atoms with Crippen molar-refractivity contribution in [3.05, 3.63) is 113 Å². The Hall–Kier alpha value is -3.54. The van der Waals surface area contributed by atoms with Crippen LogP contribution in [0.15, 0.2) is 100 Å². The van der Waals surface area contributed by atoms with Crippen LogP contribution in [0.3, 0.4) is 0 Å². The largest absolute Gasteiger partial charge is 1.00 e. The minimum absolute atomic E-state index is 0. The first-order valence-electron chi connectivity index (χ1n) is 19.6. The summed E-state index contributed by atoms with van der Waals surface area (Å²) in [4.78, 5) is 12.3. The second-order valence-electron chi connectivity index (χ2n) is 16.3. The fourth-order valence-corrected chi connectivity index (χ4v) is 10.1. The normalized spacial score (nSPS) is 17.0. The Morgan fingerprint density at radius 3 is 2.03 bits per heavy atom. The zero-order valence-corrected chi connectivity index (χ0v) is 40.8. The minimum Gasteiger partial charge on any atom is -1.00 e. The van der Waals surface area contributed by atoms with Crippen LogP contribution in [0.4, 0.5) is 11.4 Å². The Balaban J connectivity index is 0.00000544. The number of unbranched alkanes of at least 4 members (excludes halogenated alkanes) is 1. The molecule has 0 saturated heterocycles. The Kier molecular flexibility index (Phi) is 16.5. The first-order valence-corrected chi connectivity index (χ1v) is 25.6. The van der Waals surface area contributed by atoms with Gasteiger partial charge in [-0.1, -0.05) is 44.2 Å². The van der Waals surface area contributed by atoms with E-state index in [1.54, 1.807) is 16.7 Å². The van der Waals surface area contributed by atoms with Crippen molar-refractivity contribution in [1.82, 2.24) is 0 Å². The van der Waals surface area contributed by atoms with Crippen molar-refractivity contribution in [2.75, 3.05) is 29.5 Å². The van der Waals surface area contributed by atoms with Crippen LogP contribution in [-0.4, -0.2) is 97.8 Å². The third kappa shape index (κ3) is 12.8. The molecule has 338 valence electrons. The van der Waals surface area contributed by atoms with Crippen LogP contribution in [0.5, 0.6) is 0 Å². The Bertz CT molecular complexity index is 2860. The van der Waals surface area contributed by atoms with Gasteiger partial charge < -0.3 is 16.0 Å². The number of aryl methyl sites for hydroxylation is 1. The molecule has 0 atom stereocenters.